The average Bonchev–Trinajstić information content (AvgIpc) is 2.79. The Kier molecular flexibility index (Phi) is 5.41. The van der Waals surface area contributed by atoms with Crippen molar-refractivity contribution in [3.8, 4) is 5.69 Å². The van der Waals surface area contributed by atoms with Crippen LogP contribution in [0.25, 0.3) is 5.69 Å². The highest BCUT2D eigenvalue weighted by molar-refractivity contribution is 6.30. The molecule has 22 heavy (non-hydrogen) atoms. The maximum absolute atomic E-state index is 11.7. The van der Waals surface area contributed by atoms with Crippen LogP contribution in [0.3, 0.4) is 0 Å². The van der Waals surface area contributed by atoms with Gasteiger partial charge in [0, 0.05) is 23.3 Å². The number of halogens is 1. The van der Waals surface area contributed by atoms with Crippen molar-refractivity contribution >= 4 is 23.4 Å². The third-order valence-electron chi connectivity index (χ3n) is 3.03. The lowest BCUT2D eigenvalue weighted by atomic mass is 10.3. The van der Waals surface area contributed by atoms with Gasteiger partial charge in [-0.3, -0.25) is 5.32 Å². The van der Waals surface area contributed by atoms with E-state index < -0.39 is 6.10 Å². The first-order valence-electron chi connectivity index (χ1n) is 7.01. The minimum Gasteiger partial charge on any atom is -0.393 e. The summed E-state index contributed by atoms with van der Waals surface area (Å²) < 4.78 is 1.71. The van der Waals surface area contributed by atoms with E-state index in [0.717, 1.165) is 11.4 Å². The molecular formula is C15H19ClN4O2. The smallest absolute Gasteiger partial charge is 0.320 e. The second-order valence-corrected chi connectivity index (χ2v) is 5.52. The molecule has 0 saturated heterocycles. The Morgan fingerprint density at radius 1 is 1.45 bits per heavy atom. The third kappa shape index (κ3) is 4.47. The second kappa shape index (κ2) is 7.29. The van der Waals surface area contributed by atoms with Crippen molar-refractivity contribution in [1.82, 2.24) is 15.1 Å². The van der Waals surface area contributed by atoms with Crippen molar-refractivity contribution < 1.29 is 9.90 Å². The van der Waals surface area contributed by atoms with Gasteiger partial charge in [-0.2, -0.15) is 0 Å². The molecule has 0 saturated carbocycles. The molecule has 2 amide bonds. The van der Waals surface area contributed by atoms with Crippen LogP contribution in [-0.4, -0.2) is 33.6 Å². The van der Waals surface area contributed by atoms with Crippen LogP contribution in [0.5, 0.6) is 0 Å². The summed E-state index contributed by atoms with van der Waals surface area (Å²) in [5.74, 6) is 0.451. The van der Waals surface area contributed by atoms with Gasteiger partial charge in [0.2, 0.25) is 0 Å². The molecule has 2 rings (SSSR count). The van der Waals surface area contributed by atoms with Gasteiger partial charge in [-0.05, 0) is 38.5 Å². The highest BCUT2D eigenvalue weighted by atomic mass is 35.5. The number of rotatable bonds is 5. The molecule has 1 heterocycles. The summed E-state index contributed by atoms with van der Waals surface area (Å²) in [6.45, 7) is 3.97. The van der Waals surface area contributed by atoms with Crippen LogP contribution in [0.4, 0.5) is 10.6 Å². The van der Waals surface area contributed by atoms with Gasteiger partial charge in [0.25, 0.3) is 0 Å². The summed E-state index contributed by atoms with van der Waals surface area (Å²) in [4.78, 5) is 11.7. The molecule has 1 aromatic carbocycles. The number of benzene rings is 1. The molecule has 2 aromatic rings. The Morgan fingerprint density at radius 3 is 2.91 bits per heavy atom. The van der Waals surface area contributed by atoms with Gasteiger partial charge in [0.05, 0.1) is 11.8 Å². The number of carbonyl (C=O) groups is 1. The first kappa shape index (κ1) is 16.3. The maximum Gasteiger partial charge on any atom is 0.320 e. The number of aryl methyl sites for hydroxylation is 1. The molecule has 0 aliphatic carbocycles. The summed E-state index contributed by atoms with van der Waals surface area (Å²) in [5, 5.41) is 19.4. The van der Waals surface area contributed by atoms with E-state index in [1.54, 1.807) is 29.8 Å². The molecular weight excluding hydrogens is 304 g/mol. The average molecular weight is 323 g/mol. The van der Waals surface area contributed by atoms with E-state index in [4.69, 9.17) is 16.7 Å². The van der Waals surface area contributed by atoms with Gasteiger partial charge in [0.15, 0.2) is 5.82 Å². The monoisotopic (exact) mass is 322 g/mol. The number of anilines is 1. The summed E-state index contributed by atoms with van der Waals surface area (Å²) >= 11 is 5.98. The van der Waals surface area contributed by atoms with E-state index in [2.05, 4.69) is 15.7 Å². The number of amides is 2. The fraction of sp³-hybridized carbons (Fsp3) is 0.333. The zero-order valence-corrected chi connectivity index (χ0v) is 13.3. The Bertz CT molecular complexity index is 655. The molecule has 0 radical (unpaired) electrons. The number of urea groups is 1. The van der Waals surface area contributed by atoms with Crippen molar-refractivity contribution in [2.45, 2.75) is 26.4 Å². The van der Waals surface area contributed by atoms with Crippen LogP contribution in [0.2, 0.25) is 5.02 Å². The number of hydrogen-bond acceptors (Lipinski definition) is 3. The molecule has 0 bridgehead atoms. The first-order chi connectivity index (χ1) is 10.5. The van der Waals surface area contributed by atoms with E-state index in [0.29, 0.717) is 23.8 Å². The van der Waals surface area contributed by atoms with Crippen LogP contribution in [0.1, 0.15) is 19.0 Å². The minimum absolute atomic E-state index is 0.351. The van der Waals surface area contributed by atoms with Gasteiger partial charge in [-0.15, -0.1) is 5.10 Å². The number of nitrogens with zero attached hydrogens (tertiary/aromatic N) is 2. The molecule has 1 aromatic heterocycles. The van der Waals surface area contributed by atoms with Crippen LogP contribution < -0.4 is 10.6 Å². The van der Waals surface area contributed by atoms with Gasteiger partial charge in [-0.1, -0.05) is 17.7 Å². The predicted molar refractivity (Wildman–Crippen MR) is 86.6 cm³/mol. The predicted octanol–water partition coefficient (Wildman–Crippen LogP) is 2.73. The van der Waals surface area contributed by atoms with Crippen LogP contribution >= 0.6 is 11.6 Å². The molecule has 118 valence electrons. The van der Waals surface area contributed by atoms with Gasteiger partial charge in [0.1, 0.15) is 0 Å². The van der Waals surface area contributed by atoms with Gasteiger partial charge >= 0.3 is 6.03 Å². The van der Waals surface area contributed by atoms with Gasteiger partial charge in [-0.25, -0.2) is 9.48 Å². The lowest BCUT2D eigenvalue weighted by Crippen LogP contribution is -2.31. The van der Waals surface area contributed by atoms with Crippen LogP contribution in [-0.2, 0) is 0 Å². The highest BCUT2D eigenvalue weighted by Crippen LogP contribution is 2.18. The third-order valence-corrected chi connectivity index (χ3v) is 3.26. The van der Waals surface area contributed by atoms with Crippen molar-refractivity contribution in [2.75, 3.05) is 11.9 Å². The normalized spacial score (nSPS) is 12.0. The topological polar surface area (TPSA) is 79.2 Å². The quantitative estimate of drug-likeness (QED) is 0.792. The molecule has 1 atom stereocenters. The summed E-state index contributed by atoms with van der Waals surface area (Å²) in [7, 11) is 0. The molecule has 6 nitrogen and oxygen atoms in total. The first-order valence-corrected chi connectivity index (χ1v) is 7.39. The lowest BCUT2D eigenvalue weighted by molar-refractivity contribution is 0.184. The molecule has 0 fully saturated rings. The molecule has 3 N–H and O–H groups in total. The Morgan fingerprint density at radius 2 is 2.23 bits per heavy atom. The number of aliphatic hydroxyl groups excluding tert-OH is 1. The Labute approximate surface area is 134 Å². The zero-order valence-electron chi connectivity index (χ0n) is 12.5. The van der Waals surface area contributed by atoms with E-state index >= 15 is 0 Å². The molecule has 0 aliphatic heterocycles. The number of aliphatic hydroxyl groups is 1. The SMILES string of the molecule is Cc1cc(NC(=O)NCC[C@H](C)O)nn1-c1cccc(Cl)c1. The minimum atomic E-state index is -0.440. The number of carbonyl (C=O) groups excluding carboxylic acids is 1. The standard InChI is InChI=1S/C15H19ClN4O2/c1-10-8-14(18-15(22)17-7-6-11(2)21)19-20(10)13-5-3-4-12(16)9-13/h3-5,8-9,11,21H,6-7H2,1-2H3,(H2,17,18,19,22)/t11-/m0/s1. The summed E-state index contributed by atoms with van der Waals surface area (Å²) in [6, 6.07) is 8.74. The van der Waals surface area contributed by atoms with E-state index in [1.165, 1.54) is 0 Å². The van der Waals surface area contributed by atoms with Crippen LogP contribution in [0.15, 0.2) is 30.3 Å². The number of aromatic nitrogens is 2. The Balaban J connectivity index is 2.02. The highest BCUT2D eigenvalue weighted by Gasteiger charge is 2.09. The molecule has 0 spiro atoms. The fourth-order valence-electron chi connectivity index (χ4n) is 1.96. The molecule has 0 aliphatic rings. The number of hydrogen-bond donors (Lipinski definition) is 3. The van der Waals surface area contributed by atoms with Crippen LogP contribution in [0, 0.1) is 6.92 Å². The Hall–Kier alpha value is -2.05. The van der Waals surface area contributed by atoms with E-state index in [-0.39, 0.29) is 6.03 Å². The van der Waals surface area contributed by atoms with Crippen molar-refractivity contribution in [1.29, 1.82) is 0 Å². The summed E-state index contributed by atoms with van der Waals surface area (Å²) in [6.07, 6.45) is 0.0632. The summed E-state index contributed by atoms with van der Waals surface area (Å²) in [5.41, 5.74) is 1.70. The second-order valence-electron chi connectivity index (χ2n) is 5.08. The van der Waals surface area contributed by atoms with E-state index in [9.17, 15) is 4.79 Å². The van der Waals surface area contributed by atoms with Gasteiger partial charge < -0.3 is 10.4 Å². The molecule has 7 heteroatoms. The van der Waals surface area contributed by atoms with E-state index in [1.807, 2.05) is 19.1 Å². The van der Waals surface area contributed by atoms with Crippen molar-refractivity contribution in [2.24, 2.45) is 0 Å². The van der Waals surface area contributed by atoms with Crippen molar-refractivity contribution in [3.05, 3.63) is 41.0 Å². The van der Waals surface area contributed by atoms with Crippen molar-refractivity contribution in [3.63, 3.8) is 0 Å². The largest absolute Gasteiger partial charge is 0.393 e. The fourth-order valence-corrected chi connectivity index (χ4v) is 2.14. The molecule has 0 unspecified atom stereocenters. The maximum atomic E-state index is 11.7. The number of nitrogens with one attached hydrogen (secondary N) is 2. The zero-order chi connectivity index (χ0) is 16.1. The lowest BCUT2D eigenvalue weighted by Gasteiger charge is -2.07.